The second-order valence-electron chi connectivity index (χ2n) is 3.29. The topological polar surface area (TPSA) is 100 Å². The van der Waals surface area contributed by atoms with Gasteiger partial charge in [-0.2, -0.15) is 0 Å². The molecule has 0 aliphatic rings. The van der Waals surface area contributed by atoms with Crippen LogP contribution in [0, 0.1) is 0 Å². The van der Waals surface area contributed by atoms with Gasteiger partial charge in [0.15, 0.2) is 0 Å². The van der Waals surface area contributed by atoms with E-state index in [0.29, 0.717) is 24.2 Å². The molecule has 1 aromatic rings. The van der Waals surface area contributed by atoms with E-state index in [-0.39, 0.29) is 12.8 Å². The summed E-state index contributed by atoms with van der Waals surface area (Å²) in [7, 11) is 0. The van der Waals surface area contributed by atoms with E-state index in [1.54, 1.807) is 0 Å². The smallest absolute Gasteiger partial charge is 0.303 e. The Bertz CT molecular complexity index is 338. The van der Waals surface area contributed by atoms with Crippen LogP contribution in [-0.2, 0) is 22.4 Å². The van der Waals surface area contributed by atoms with Crippen molar-refractivity contribution in [3.63, 3.8) is 0 Å². The summed E-state index contributed by atoms with van der Waals surface area (Å²) in [5.41, 5.74) is 1.20. The lowest BCUT2D eigenvalue weighted by molar-refractivity contribution is -0.138. The normalized spacial score (nSPS) is 10.0. The second-order valence-corrected chi connectivity index (χ2v) is 3.29. The van der Waals surface area contributed by atoms with E-state index >= 15 is 0 Å². The zero-order valence-electron chi connectivity index (χ0n) is 8.59. The van der Waals surface area contributed by atoms with Crippen molar-refractivity contribution in [2.24, 2.45) is 0 Å². The molecule has 0 atom stereocenters. The number of aromatic nitrogens is 2. The van der Waals surface area contributed by atoms with Crippen LogP contribution in [0.15, 0.2) is 12.4 Å². The van der Waals surface area contributed by atoms with Crippen LogP contribution in [0.1, 0.15) is 24.2 Å². The summed E-state index contributed by atoms with van der Waals surface area (Å²) in [6.07, 6.45) is 3.68. The highest BCUT2D eigenvalue weighted by molar-refractivity contribution is 5.67. The van der Waals surface area contributed by atoms with Crippen molar-refractivity contribution >= 4 is 11.9 Å². The Labute approximate surface area is 92.0 Å². The average molecular weight is 224 g/mol. The number of hydrogen-bond donors (Lipinski definition) is 2. The molecule has 1 aromatic heterocycles. The number of carboxylic acid groups (broad SMARTS) is 2. The Morgan fingerprint density at radius 1 is 0.938 bits per heavy atom. The van der Waals surface area contributed by atoms with Gasteiger partial charge < -0.3 is 10.2 Å². The van der Waals surface area contributed by atoms with Crippen LogP contribution in [0.4, 0.5) is 0 Å². The van der Waals surface area contributed by atoms with Crippen molar-refractivity contribution in [3.05, 3.63) is 23.8 Å². The number of rotatable bonds is 6. The number of aliphatic carboxylic acids is 2. The molecule has 1 rings (SSSR count). The standard InChI is InChI=1S/C10H12N2O4/c13-9(14)3-1-7-5-12-8(6-11-7)2-4-10(15)16/h5-6H,1-4H2,(H,13,14)(H,15,16). The minimum Gasteiger partial charge on any atom is -0.481 e. The quantitative estimate of drug-likeness (QED) is 0.730. The first kappa shape index (κ1) is 12.1. The molecular formula is C10H12N2O4. The first-order valence-corrected chi connectivity index (χ1v) is 4.81. The fraction of sp³-hybridized carbons (Fsp3) is 0.400. The third kappa shape index (κ3) is 4.50. The molecular weight excluding hydrogens is 212 g/mol. The van der Waals surface area contributed by atoms with Crippen molar-refractivity contribution < 1.29 is 19.8 Å². The fourth-order valence-electron chi connectivity index (χ4n) is 1.11. The van der Waals surface area contributed by atoms with Crippen molar-refractivity contribution in [2.75, 3.05) is 0 Å². The van der Waals surface area contributed by atoms with E-state index in [1.807, 2.05) is 0 Å². The number of nitrogens with zero attached hydrogens (tertiary/aromatic N) is 2. The number of aryl methyl sites for hydroxylation is 2. The van der Waals surface area contributed by atoms with Crippen LogP contribution in [-0.4, -0.2) is 32.1 Å². The summed E-state index contributed by atoms with van der Waals surface area (Å²) >= 11 is 0. The molecule has 0 spiro atoms. The number of carboxylic acids is 2. The lowest BCUT2D eigenvalue weighted by atomic mass is 10.2. The van der Waals surface area contributed by atoms with Gasteiger partial charge in [0.1, 0.15) is 0 Å². The van der Waals surface area contributed by atoms with Crippen LogP contribution in [0.5, 0.6) is 0 Å². The highest BCUT2D eigenvalue weighted by atomic mass is 16.4. The molecule has 16 heavy (non-hydrogen) atoms. The van der Waals surface area contributed by atoms with Gasteiger partial charge in [0, 0.05) is 25.2 Å². The molecule has 0 aliphatic carbocycles. The van der Waals surface area contributed by atoms with Crippen LogP contribution >= 0.6 is 0 Å². The maximum Gasteiger partial charge on any atom is 0.303 e. The summed E-state index contributed by atoms with van der Waals surface area (Å²) in [6.45, 7) is 0. The van der Waals surface area contributed by atoms with E-state index in [1.165, 1.54) is 12.4 Å². The lowest BCUT2D eigenvalue weighted by Crippen LogP contribution is -2.03. The molecule has 0 fully saturated rings. The van der Waals surface area contributed by atoms with Crippen molar-refractivity contribution in [3.8, 4) is 0 Å². The van der Waals surface area contributed by atoms with Crippen molar-refractivity contribution in [1.29, 1.82) is 0 Å². The summed E-state index contributed by atoms with van der Waals surface area (Å²) in [5.74, 6) is -1.76. The van der Waals surface area contributed by atoms with Crippen molar-refractivity contribution in [1.82, 2.24) is 9.97 Å². The first-order valence-electron chi connectivity index (χ1n) is 4.81. The molecule has 0 aromatic carbocycles. The van der Waals surface area contributed by atoms with E-state index in [2.05, 4.69) is 9.97 Å². The fourth-order valence-corrected chi connectivity index (χ4v) is 1.11. The molecule has 0 unspecified atom stereocenters. The number of hydrogen-bond acceptors (Lipinski definition) is 4. The van der Waals surface area contributed by atoms with Gasteiger partial charge in [-0.1, -0.05) is 0 Å². The van der Waals surface area contributed by atoms with Gasteiger partial charge in [-0.3, -0.25) is 19.6 Å². The summed E-state index contributed by atoms with van der Waals surface area (Å²) in [6, 6.07) is 0. The summed E-state index contributed by atoms with van der Waals surface area (Å²) < 4.78 is 0. The van der Waals surface area contributed by atoms with Gasteiger partial charge >= 0.3 is 11.9 Å². The molecule has 0 saturated carbocycles. The maximum absolute atomic E-state index is 10.3. The predicted octanol–water partition coefficient (Wildman–Crippen LogP) is 0.511. The third-order valence-corrected chi connectivity index (χ3v) is 1.95. The van der Waals surface area contributed by atoms with Gasteiger partial charge in [-0.15, -0.1) is 0 Å². The van der Waals surface area contributed by atoms with Gasteiger partial charge in [0.2, 0.25) is 0 Å². The third-order valence-electron chi connectivity index (χ3n) is 1.95. The molecule has 0 saturated heterocycles. The molecule has 0 radical (unpaired) electrons. The minimum absolute atomic E-state index is 0.0170. The number of carbonyl (C=O) groups is 2. The van der Waals surface area contributed by atoms with Crippen molar-refractivity contribution in [2.45, 2.75) is 25.7 Å². The molecule has 6 nitrogen and oxygen atoms in total. The monoisotopic (exact) mass is 224 g/mol. The maximum atomic E-state index is 10.3. The Kier molecular flexibility index (Phi) is 4.38. The Balaban J connectivity index is 2.47. The van der Waals surface area contributed by atoms with Gasteiger partial charge in [-0.05, 0) is 0 Å². The van der Waals surface area contributed by atoms with Crippen LogP contribution < -0.4 is 0 Å². The van der Waals surface area contributed by atoms with Gasteiger partial charge in [0.05, 0.1) is 24.2 Å². The Morgan fingerprint density at radius 3 is 1.56 bits per heavy atom. The average Bonchev–Trinajstić information content (AvgIpc) is 2.25. The molecule has 1 heterocycles. The molecule has 6 heteroatoms. The highest BCUT2D eigenvalue weighted by Gasteiger charge is 2.03. The molecule has 0 aliphatic heterocycles. The summed E-state index contributed by atoms with van der Waals surface area (Å²) in [4.78, 5) is 28.6. The highest BCUT2D eigenvalue weighted by Crippen LogP contribution is 2.01. The van der Waals surface area contributed by atoms with Crippen LogP contribution in [0.25, 0.3) is 0 Å². The zero-order valence-corrected chi connectivity index (χ0v) is 8.59. The van der Waals surface area contributed by atoms with E-state index < -0.39 is 11.9 Å². The minimum atomic E-state index is -0.878. The first-order chi connectivity index (χ1) is 7.58. The second kappa shape index (κ2) is 5.79. The largest absolute Gasteiger partial charge is 0.481 e. The lowest BCUT2D eigenvalue weighted by Gasteiger charge is -2.00. The Hall–Kier alpha value is -1.98. The SMILES string of the molecule is O=C(O)CCc1cnc(CCC(=O)O)cn1. The predicted molar refractivity (Wildman–Crippen MR) is 53.9 cm³/mol. The van der Waals surface area contributed by atoms with E-state index in [4.69, 9.17) is 10.2 Å². The van der Waals surface area contributed by atoms with E-state index in [0.717, 1.165) is 0 Å². The van der Waals surface area contributed by atoms with Crippen LogP contribution in [0.3, 0.4) is 0 Å². The van der Waals surface area contributed by atoms with Gasteiger partial charge in [0.25, 0.3) is 0 Å². The Morgan fingerprint density at radius 2 is 1.31 bits per heavy atom. The molecule has 2 N–H and O–H groups in total. The van der Waals surface area contributed by atoms with Gasteiger partial charge in [-0.25, -0.2) is 0 Å². The molecule has 0 amide bonds. The van der Waals surface area contributed by atoms with Crippen LogP contribution in [0.2, 0.25) is 0 Å². The summed E-state index contributed by atoms with van der Waals surface area (Å²) in [5, 5.41) is 16.9. The molecule has 86 valence electrons. The molecule has 0 bridgehead atoms. The van der Waals surface area contributed by atoms with E-state index in [9.17, 15) is 9.59 Å². The zero-order chi connectivity index (χ0) is 12.0.